The van der Waals surface area contributed by atoms with Crippen LogP contribution < -0.4 is 5.32 Å². The molecule has 4 rings (SSSR count). The van der Waals surface area contributed by atoms with Gasteiger partial charge in [-0.25, -0.2) is 19.3 Å². The smallest absolute Gasteiger partial charge is 0.132 e. The summed E-state index contributed by atoms with van der Waals surface area (Å²) in [5.74, 6) is 1.85. The zero-order valence-electron chi connectivity index (χ0n) is 15.5. The van der Waals surface area contributed by atoms with Crippen molar-refractivity contribution in [3.8, 4) is 10.6 Å². The fourth-order valence-electron chi connectivity index (χ4n) is 3.52. The number of aromatic nitrogens is 3. The highest BCUT2D eigenvalue weighted by Crippen LogP contribution is 2.31. The summed E-state index contributed by atoms with van der Waals surface area (Å²) in [6.45, 7) is -0.520. The number of aliphatic hydroxyl groups is 1. The first-order valence-corrected chi connectivity index (χ1v) is 10.4. The molecule has 3 aromatic rings. The minimum atomic E-state index is -0.520. The number of thiazole rings is 1. The molecule has 0 amide bonds. The summed E-state index contributed by atoms with van der Waals surface area (Å²) in [7, 11) is 0. The van der Waals surface area contributed by atoms with Crippen molar-refractivity contribution in [1.82, 2.24) is 15.0 Å². The average Bonchev–Trinajstić information content (AvgIpc) is 3.19. The zero-order valence-corrected chi connectivity index (χ0v) is 16.3. The first-order chi connectivity index (χ1) is 13.7. The Kier molecular flexibility index (Phi) is 5.92. The van der Waals surface area contributed by atoms with Crippen LogP contribution in [0.5, 0.6) is 0 Å². The van der Waals surface area contributed by atoms with Crippen LogP contribution in [0.15, 0.2) is 42.7 Å². The number of hydrogen-bond donors (Lipinski definition) is 2. The summed E-state index contributed by atoms with van der Waals surface area (Å²) < 4.78 is 12.8. The van der Waals surface area contributed by atoms with Gasteiger partial charge in [-0.15, -0.1) is 11.3 Å². The monoisotopic (exact) mass is 398 g/mol. The molecule has 7 heteroatoms. The van der Waals surface area contributed by atoms with E-state index in [0.29, 0.717) is 23.1 Å². The molecule has 146 valence electrons. The Morgan fingerprint density at radius 2 is 1.96 bits per heavy atom. The predicted molar refractivity (Wildman–Crippen MR) is 109 cm³/mol. The van der Waals surface area contributed by atoms with Crippen molar-refractivity contribution < 1.29 is 9.50 Å². The number of hydrogen-bond acceptors (Lipinski definition) is 6. The third-order valence-corrected chi connectivity index (χ3v) is 6.11. The minimum Gasteiger partial charge on any atom is -0.393 e. The number of nitrogens with one attached hydrogen (secondary N) is 1. The van der Waals surface area contributed by atoms with E-state index >= 15 is 0 Å². The molecule has 0 spiro atoms. The van der Waals surface area contributed by atoms with Crippen molar-refractivity contribution in [2.45, 2.75) is 44.9 Å². The molecule has 0 atom stereocenters. The van der Waals surface area contributed by atoms with E-state index in [2.05, 4.69) is 20.3 Å². The van der Waals surface area contributed by atoms with Crippen LogP contribution in [-0.2, 0) is 13.1 Å². The van der Waals surface area contributed by atoms with Crippen molar-refractivity contribution >= 4 is 23.0 Å². The molecule has 1 aliphatic carbocycles. The van der Waals surface area contributed by atoms with E-state index in [9.17, 15) is 9.50 Å². The topological polar surface area (TPSA) is 70.9 Å². The number of nitrogens with zero attached hydrogens (tertiary/aromatic N) is 3. The van der Waals surface area contributed by atoms with E-state index in [-0.39, 0.29) is 6.10 Å². The van der Waals surface area contributed by atoms with Crippen LogP contribution in [0.4, 0.5) is 16.0 Å². The molecule has 1 fully saturated rings. The molecule has 3 aromatic heterocycles. The zero-order chi connectivity index (χ0) is 19.3. The Bertz CT molecular complexity index is 924. The van der Waals surface area contributed by atoms with E-state index in [1.165, 1.54) is 0 Å². The molecule has 28 heavy (non-hydrogen) atoms. The highest BCUT2D eigenvalue weighted by Gasteiger charge is 2.21. The number of alkyl halides is 1. The summed E-state index contributed by atoms with van der Waals surface area (Å²) in [6, 6.07) is 9.10. The molecule has 0 radical (unpaired) electrons. The molecule has 1 aliphatic rings. The summed E-state index contributed by atoms with van der Waals surface area (Å²) in [5.41, 5.74) is 1.44. The van der Waals surface area contributed by atoms with Gasteiger partial charge in [-0.3, -0.25) is 0 Å². The predicted octanol–water partition coefficient (Wildman–Crippen LogP) is 4.91. The maximum atomic E-state index is 12.8. The molecular weight excluding hydrogens is 375 g/mol. The highest BCUT2D eigenvalue weighted by molar-refractivity contribution is 7.15. The maximum Gasteiger partial charge on any atom is 0.132 e. The van der Waals surface area contributed by atoms with Gasteiger partial charge < -0.3 is 10.4 Å². The van der Waals surface area contributed by atoms with Gasteiger partial charge in [0.2, 0.25) is 0 Å². The Labute approximate surface area is 167 Å². The Balaban J connectivity index is 1.45. The van der Waals surface area contributed by atoms with Gasteiger partial charge in [0.1, 0.15) is 18.3 Å². The standard InChI is InChI=1S/C21H23FN4OS/c22-12-15-8-9-23-20(10-15)26-19-3-1-2-17(25-19)18-13-24-21(28-18)11-14-4-6-16(27)7-5-14/h1-3,8-10,13-14,16,27H,4-7,11-12H2,(H,23,25,26). The van der Waals surface area contributed by atoms with Crippen LogP contribution in [0.1, 0.15) is 36.3 Å². The van der Waals surface area contributed by atoms with Crippen molar-refractivity contribution in [3.63, 3.8) is 0 Å². The number of pyridine rings is 2. The fourth-order valence-corrected chi connectivity index (χ4v) is 4.52. The van der Waals surface area contributed by atoms with Crippen molar-refractivity contribution in [2.24, 2.45) is 5.92 Å². The van der Waals surface area contributed by atoms with E-state index < -0.39 is 6.67 Å². The lowest BCUT2D eigenvalue weighted by Crippen LogP contribution is -2.19. The summed E-state index contributed by atoms with van der Waals surface area (Å²) in [4.78, 5) is 14.5. The van der Waals surface area contributed by atoms with Crippen LogP contribution in [0, 0.1) is 5.92 Å². The molecule has 0 bridgehead atoms. The molecule has 5 nitrogen and oxygen atoms in total. The van der Waals surface area contributed by atoms with Crippen molar-refractivity contribution in [2.75, 3.05) is 5.32 Å². The number of halogens is 1. The molecule has 0 saturated heterocycles. The van der Waals surface area contributed by atoms with Gasteiger partial charge in [-0.05, 0) is 61.4 Å². The van der Waals surface area contributed by atoms with Crippen molar-refractivity contribution in [1.29, 1.82) is 0 Å². The summed E-state index contributed by atoms with van der Waals surface area (Å²) >= 11 is 1.67. The van der Waals surface area contributed by atoms with Gasteiger partial charge >= 0.3 is 0 Å². The molecule has 0 aliphatic heterocycles. The first-order valence-electron chi connectivity index (χ1n) is 9.57. The van der Waals surface area contributed by atoms with Crippen LogP contribution in [-0.4, -0.2) is 26.2 Å². The number of anilines is 2. The van der Waals surface area contributed by atoms with Crippen LogP contribution >= 0.6 is 11.3 Å². The first kappa shape index (κ1) is 19.0. The molecular formula is C21H23FN4OS. The van der Waals surface area contributed by atoms with Gasteiger partial charge in [-0.1, -0.05) is 6.07 Å². The number of rotatable bonds is 6. The van der Waals surface area contributed by atoms with Gasteiger partial charge in [0.25, 0.3) is 0 Å². The SMILES string of the molecule is OC1CCC(Cc2ncc(-c3cccc(Nc4cc(CF)ccn4)n3)s2)CC1. The highest BCUT2D eigenvalue weighted by atomic mass is 32.1. The van der Waals surface area contributed by atoms with Gasteiger partial charge in [0, 0.05) is 18.8 Å². The molecule has 0 unspecified atom stereocenters. The summed E-state index contributed by atoms with van der Waals surface area (Å²) in [6.07, 6.45) is 8.24. The number of aliphatic hydroxyl groups excluding tert-OH is 1. The van der Waals surface area contributed by atoms with E-state index in [0.717, 1.165) is 47.7 Å². The lowest BCUT2D eigenvalue weighted by molar-refractivity contribution is 0.108. The van der Waals surface area contributed by atoms with Gasteiger partial charge in [-0.2, -0.15) is 0 Å². The van der Waals surface area contributed by atoms with Gasteiger partial charge in [0.15, 0.2) is 0 Å². The lowest BCUT2D eigenvalue weighted by Gasteiger charge is -2.24. The largest absolute Gasteiger partial charge is 0.393 e. The second-order valence-electron chi connectivity index (χ2n) is 7.21. The maximum absolute atomic E-state index is 12.8. The normalized spacial score (nSPS) is 19.5. The Morgan fingerprint density at radius 3 is 2.79 bits per heavy atom. The average molecular weight is 399 g/mol. The Morgan fingerprint density at radius 1 is 1.11 bits per heavy atom. The summed E-state index contributed by atoms with van der Waals surface area (Å²) in [5, 5.41) is 13.9. The molecule has 2 N–H and O–H groups in total. The second-order valence-corrected chi connectivity index (χ2v) is 8.33. The molecule has 3 heterocycles. The fraction of sp³-hybridized carbons (Fsp3) is 0.381. The van der Waals surface area contributed by atoms with E-state index in [1.807, 2.05) is 24.4 Å². The molecule has 0 aromatic carbocycles. The quantitative estimate of drug-likeness (QED) is 0.617. The van der Waals surface area contributed by atoms with Crippen LogP contribution in [0.3, 0.4) is 0 Å². The van der Waals surface area contributed by atoms with E-state index in [4.69, 9.17) is 0 Å². The second kappa shape index (κ2) is 8.75. The Hall–Kier alpha value is -2.38. The van der Waals surface area contributed by atoms with Crippen LogP contribution in [0.2, 0.25) is 0 Å². The molecule has 1 saturated carbocycles. The third-order valence-electron chi connectivity index (χ3n) is 5.07. The van der Waals surface area contributed by atoms with Crippen molar-refractivity contribution in [3.05, 3.63) is 53.3 Å². The lowest BCUT2D eigenvalue weighted by atomic mass is 9.86. The van der Waals surface area contributed by atoms with Gasteiger partial charge in [0.05, 0.1) is 21.7 Å². The van der Waals surface area contributed by atoms with Crippen LogP contribution in [0.25, 0.3) is 10.6 Å². The third kappa shape index (κ3) is 4.72. The van der Waals surface area contributed by atoms with E-state index in [1.54, 1.807) is 29.7 Å². The minimum absolute atomic E-state index is 0.123.